The molecule has 6 heteroatoms. The van der Waals surface area contributed by atoms with Crippen molar-refractivity contribution in [3.8, 4) is 0 Å². The van der Waals surface area contributed by atoms with Gasteiger partial charge in [-0.3, -0.25) is 4.90 Å². The van der Waals surface area contributed by atoms with Gasteiger partial charge in [-0.15, -0.1) is 0 Å². The Hall–Kier alpha value is -0.590. The van der Waals surface area contributed by atoms with Crippen molar-refractivity contribution in [3.63, 3.8) is 0 Å². The first-order valence-corrected chi connectivity index (χ1v) is 8.40. The summed E-state index contributed by atoms with van der Waals surface area (Å²) < 4.78 is 30.1. The van der Waals surface area contributed by atoms with Crippen molar-refractivity contribution in [2.45, 2.75) is 37.9 Å². The van der Waals surface area contributed by atoms with Crippen molar-refractivity contribution in [1.29, 1.82) is 0 Å². The van der Waals surface area contributed by atoms with Gasteiger partial charge in [-0.2, -0.15) is 8.78 Å². The number of rotatable bonds is 6. The predicted molar refractivity (Wildman–Crippen MR) is 82.5 cm³/mol. The average Bonchev–Trinajstić information content (AvgIpc) is 2.86. The molecular formula is C15H24F2N2OS. The van der Waals surface area contributed by atoms with Gasteiger partial charge in [0.05, 0.1) is 12.3 Å². The van der Waals surface area contributed by atoms with E-state index in [9.17, 15) is 8.78 Å². The highest BCUT2D eigenvalue weighted by molar-refractivity contribution is 7.98. The minimum absolute atomic E-state index is 0.230. The first-order chi connectivity index (χ1) is 9.95. The predicted octanol–water partition coefficient (Wildman–Crippen LogP) is 3.51. The summed E-state index contributed by atoms with van der Waals surface area (Å²) in [6.07, 6.45) is 0. The molecule has 0 radical (unpaired) electrons. The summed E-state index contributed by atoms with van der Waals surface area (Å²) in [5.74, 6) is -0.0349. The summed E-state index contributed by atoms with van der Waals surface area (Å²) in [4.78, 5) is 4.79. The van der Waals surface area contributed by atoms with Crippen LogP contribution in [0.25, 0.3) is 0 Å². The third-order valence-electron chi connectivity index (χ3n) is 3.93. The highest BCUT2D eigenvalue weighted by Gasteiger charge is 2.28. The van der Waals surface area contributed by atoms with Crippen LogP contribution in [0.5, 0.6) is 0 Å². The molecular weight excluding hydrogens is 294 g/mol. The van der Waals surface area contributed by atoms with E-state index in [2.05, 4.69) is 30.7 Å². The molecule has 1 aromatic rings. The lowest BCUT2D eigenvalue weighted by Gasteiger charge is -2.41. The fraction of sp³-hybridized carbons (Fsp3) is 0.733. The minimum Gasteiger partial charge on any atom is -0.464 e. The summed E-state index contributed by atoms with van der Waals surface area (Å²) in [5, 5.41) is 0. The van der Waals surface area contributed by atoms with Crippen LogP contribution in [0.15, 0.2) is 16.5 Å². The molecule has 0 N–H and O–H groups in total. The van der Waals surface area contributed by atoms with Gasteiger partial charge < -0.3 is 9.32 Å². The van der Waals surface area contributed by atoms with Gasteiger partial charge in [0, 0.05) is 25.7 Å². The van der Waals surface area contributed by atoms with Gasteiger partial charge in [0.25, 0.3) is 5.76 Å². The first-order valence-electron chi connectivity index (χ1n) is 7.35. The van der Waals surface area contributed by atoms with E-state index in [1.54, 1.807) is 0 Å². The fourth-order valence-corrected chi connectivity index (χ4v) is 3.20. The lowest BCUT2D eigenvalue weighted by Crippen LogP contribution is -2.53. The molecule has 1 aliphatic rings. The number of hydrogen-bond donors (Lipinski definition) is 0. The second-order valence-corrected chi connectivity index (χ2v) is 6.96. The van der Waals surface area contributed by atoms with Gasteiger partial charge in [-0.05, 0) is 25.1 Å². The molecule has 1 atom stereocenters. The number of furan rings is 1. The maximum Gasteiger partial charge on any atom is 0.284 e. The van der Waals surface area contributed by atoms with Gasteiger partial charge >= 0.3 is 0 Å². The molecule has 0 aromatic carbocycles. The second kappa shape index (κ2) is 7.61. The van der Waals surface area contributed by atoms with E-state index in [0.29, 0.717) is 29.5 Å². The van der Waals surface area contributed by atoms with Gasteiger partial charge in [0.1, 0.15) is 11.5 Å². The molecule has 1 aromatic heterocycles. The zero-order valence-corrected chi connectivity index (χ0v) is 13.7. The number of hydrogen-bond acceptors (Lipinski definition) is 4. The van der Waals surface area contributed by atoms with Gasteiger partial charge in [-0.25, -0.2) is 0 Å². The van der Waals surface area contributed by atoms with Crippen molar-refractivity contribution in [1.82, 2.24) is 9.80 Å². The van der Waals surface area contributed by atoms with E-state index in [1.807, 2.05) is 12.1 Å². The van der Waals surface area contributed by atoms with Crippen LogP contribution in [0, 0.1) is 5.92 Å². The Bertz CT molecular complexity index is 439. The van der Waals surface area contributed by atoms with Gasteiger partial charge in [0.15, 0.2) is 0 Å². The molecule has 1 saturated heterocycles. The largest absolute Gasteiger partial charge is 0.464 e. The highest BCUT2D eigenvalue weighted by Crippen LogP contribution is 2.23. The number of alkyl halides is 2. The molecule has 120 valence electrons. The molecule has 2 heterocycles. The van der Waals surface area contributed by atoms with E-state index in [-0.39, 0.29) is 5.75 Å². The molecule has 3 nitrogen and oxygen atoms in total. The minimum atomic E-state index is -2.35. The number of likely N-dealkylation sites (N-methyl/N-ethyl adjacent to an activating group) is 1. The van der Waals surface area contributed by atoms with E-state index in [4.69, 9.17) is 4.42 Å². The Balaban J connectivity index is 1.93. The van der Waals surface area contributed by atoms with Crippen LogP contribution in [0.3, 0.4) is 0 Å². The molecule has 0 bridgehead atoms. The SMILES string of the molecule is CC(C)C1CN(C)CCN1Cc1ccc(CSC(F)F)o1. The third kappa shape index (κ3) is 4.97. The van der Waals surface area contributed by atoms with Crippen LogP contribution in [-0.4, -0.2) is 48.3 Å². The van der Waals surface area contributed by atoms with Crippen LogP contribution >= 0.6 is 11.8 Å². The molecule has 1 unspecified atom stereocenters. The topological polar surface area (TPSA) is 19.6 Å². The van der Waals surface area contributed by atoms with Gasteiger partial charge in [-0.1, -0.05) is 25.6 Å². The third-order valence-corrected chi connectivity index (χ3v) is 4.64. The van der Waals surface area contributed by atoms with Crippen molar-refractivity contribution in [2.24, 2.45) is 5.92 Å². The van der Waals surface area contributed by atoms with Crippen molar-refractivity contribution >= 4 is 11.8 Å². The summed E-state index contributed by atoms with van der Waals surface area (Å²) in [5.41, 5.74) is 0. The smallest absolute Gasteiger partial charge is 0.284 e. The van der Waals surface area contributed by atoms with Crippen LogP contribution in [0.1, 0.15) is 25.4 Å². The first kappa shape index (κ1) is 16.8. The maximum absolute atomic E-state index is 12.2. The van der Waals surface area contributed by atoms with Crippen molar-refractivity contribution in [3.05, 3.63) is 23.7 Å². The van der Waals surface area contributed by atoms with E-state index >= 15 is 0 Å². The van der Waals surface area contributed by atoms with Crippen LogP contribution < -0.4 is 0 Å². The average molecular weight is 318 g/mol. The summed E-state index contributed by atoms with van der Waals surface area (Å²) >= 11 is 0.602. The number of nitrogens with zero attached hydrogens (tertiary/aromatic N) is 2. The zero-order chi connectivity index (χ0) is 15.4. The lowest BCUT2D eigenvalue weighted by atomic mass is 9.99. The monoisotopic (exact) mass is 318 g/mol. The Morgan fingerprint density at radius 2 is 2.00 bits per heavy atom. The summed E-state index contributed by atoms with van der Waals surface area (Å²) in [7, 11) is 2.15. The summed E-state index contributed by atoms with van der Waals surface area (Å²) in [6, 6.07) is 4.23. The van der Waals surface area contributed by atoms with E-state index in [0.717, 1.165) is 31.9 Å². The van der Waals surface area contributed by atoms with Crippen LogP contribution in [0.4, 0.5) is 8.78 Å². The quantitative estimate of drug-likeness (QED) is 0.799. The summed E-state index contributed by atoms with van der Waals surface area (Å²) in [6.45, 7) is 8.37. The van der Waals surface area contributed by atoms with Gasteiger partial charge in [0.2, 0.25) is 0 Å². The normalized spacial score (nSPS) is 21.6. The Labute approximate surface area is 129 Å². The molecule has 2 rings (SSSR count). The zero-order valence-electron chi connectivity index (χ0n) is 12.9. The Morgan fingerprint density at radius 3 is 2.67 bits per heavy atom. The molecule has 1 aliphatic heterocycles. The molecule has 0 aliphatic carbocycles. The number of halogens is 2. The Morgan fingerprint density at radius 1 is 1.29 bits per heavy atom. The van der Waals surface area contributed by atoms with Crippen molar-refractivity contribution in [2.75, 3.05) is 26.7 Å². The molecule has 1 fully saturated rings. The number of thioether (sulfide) groups is 1. The van der Waals surface area contributed by atoms with E-state index < -0.39 is 5.76 Å². The second-order valence-electron chi connectivity index (χ2n) is 5.98. The fourth-order valence-electron chi connectivity index (χ4n) is 2.75. The molecule has 0 amide bonds. The molecule has 0 saturated carbocycles. The highest BCUT2D eigenvalue weighted by atomic mass is 32.2. The maximum atomic E-state index is 12.2. The molecule has 0 spiro atoms. The number of piperazine rings is 1. The standard InChI is InChI=1S/C15H24F2N2OS/c1-11(2)14-9-18(3)6-7-19(14)8-12-4-5-13(20-12)10-21-15(16)17/h4-5,11,14-15H,6-10H2,1-3H3. The lowest BCUT2D eigenvalue weighted by molar-refractivity contribution is 0.0518. The van der Waals surface area contributed by atoms with Crippen molar-refractivity contribution < 1.29 is 13.2 Å². The Kier molecular flexibility index (Phi) is 6.08. The molecule has 21 heavy (non-hydrogen) atoms. The van der Waals surface area contributed by atoms with Crippen LogP contribution in [0.2, 0.25) is 0 Å². The van der Waals surface area contributed by atoms with Crippen LogP contribution in [-0.2, 0) is 12.3 Å². The van der Waals surface area contributed by atoms with E-state index in [1.165, 1.54) is 0 Å².